The van der Waals surface area contributed by atoms with E-state index >= 15 is 0 Å². The Morgan fingerprint density at radius 1 is 0.903 bits per heavy atom. The minimum atomic E-state index is 0.0838. The van der Waals surface area contributed by atoms with Crippen LogP contribution >= 0.6 is 0 Å². The van der Waals surface area contributed by atoms with Crippen molar-refractivity contribution < 1.29 is 9.59 Å². The Hall–Kier alpha value is -1.98. The molecule has 2 saturated carbocycles. The maximum atomic E-state index is 12.9. The summed E-state index contributed by atoms with van der Waals surface area (Å²) in [7, 11) is 0. The van der Waals surface area contributed by atoms with Crippen LogP contribution in [-0.4, -0.2) is 45.8 Å². The molecule has 1 atom stereocenters. The van der Waals surface area contributed by atoms with Crippen LogP contribution in [0.3, 0.4) is 0 Å². The van der Waals surface area contributed by atoms with Gasteiger partial charge in [-0.25, -0.2) is 9.97 Å². The third kappa shape index (κ3) is 5.45. The molecular formula is C25H38N4O2. The lowest BCUT2D eigenvalue weighted by atomic mass is 9.94. The summed E-state index contributed by atoms with van der Waals surface area (Å²) in [5.41, 5.74) is 2.76. The lowest BCUT2D eigenvalue weighted by molar-refractivity contribution is -0.136. The molecule has 4 rings (SSSR count). The fourth-order valence-electron chi connectivity index (χ4n) is 5.71. The van der Waals surface area contributed by atoms with Crippen LogP contribution in [0.15, 0.2) is 0 Å². The summed E-state index contributed by atoms with van der Waals surface area (Å²) in [5.74, 6) is 1.69. The first kappa shape index (κ1) is 22.2. The second kappa shape index (κ2) is 10.1. The first-order valence-corrected chi connectivity index (χ1v) is 12.4. The van der Waals surface area contributed by atoms with Crippen LogP contribution in [0.5, 0.6) is 0 Å². The Bertz CT molecular complexity index is 774. The summed E-state index contributed by atoms with van der Waals surface area (Å²) >= 11 is 0. The van der Waals surface area contributed by atoms with E-state index in [1.807, 2.05) is 13.8 Å². The third-order valence-electron chi connectivity index (χ3n) is 7.55. The average molecular weight is 427 g/mol. The molecule has 2 heterocycles. The standard InChI is InChI=1S/C25H38N4O2/c1-17-22(15-23(30)28-21-12-4-3-5-13-21)18(2)27-24(26-17)20-11-8-14-29(16-20)25(31)19-9-6-7-10-19/h19-21H,3-16H2,1-2H3,(H,28,30)/t20-/m0/s1. The van der Waals surface area contributed by atoms with Crippen LogP contribution in [0.4, 0.5) is 0 Å². The molecule has 3 aliphatic rings. The van der Waals surface area contributed by atoms with Crippen molar-refractivity contribution in [2.45, 2.75) is 103 Å². The number of amides is 2. The zero-order chi connectivity index (χ0) is 21.8. The van der Waals surface area contributed by atoms with E-state index in [0.29, 0.717) is 18.4 Å². The number of nitrogens with one attached hydrogen (secondary N) is 1. The molecule has 2 amide bonds. The second-order valence-electron chi connectivity index (χ2n) is 9.92. The molecule has 6 nitrogen and oxygen atoms in total. The molecular weight excluding hydrogens is 388 g/mol. The Morgan fingerprint density at radius 2 is 1.55 bits per heavy atom. The summed E-state index contributed by atoms with van der Waals surface area (Å²) in [5, 5.41) is 3.21. The Morgan fingerprint density at radius 3 is 2.23 bits per heavy atom. The van der Waals surface area contributed by atoms with E-state index in [2.05, 4.69) is 10.2 Å². The quantitative estimate of drug-likeness (QED) is 0.773. The summed E-state index contributed by atoms with van der Waals surface area (Å²) in [6, 6.07) is 0.327. The molecule has 2 aliphatic carbocycles. The summed E-state index contributed by atoms with van der Waals surface area (Å²) in [6.07, 6.45) is 12.7. The Labute approximate surface area is 186 Å². The van der Waals surface area contributed by atoms with Crippen molar-refractivity contribution in [3.05, 3.63) is 22.8 Å². The van der Waals surface area contributed by atoms with Crippen molar-refractivity contribution in [2.75, 3.05) is 13.1 Å². The van der Waals surface area contributed by atoms with Crippen molar-refractivity contribution in [1.29, 1.82) is 0 Å². The average Bonchev–Trinajstić information content (AvgIpc) is 3.31. The summed E-state index contributed by atoms with van der Waals surface area (Å²) < 4.78 is 0. The van der Waals surface area contributed by atoms with E-state index in [0.717, 1.165) is 74.4 Å². The van der Waals surface area contributed by atoms with Crippen LogP contribution in [0.2, 0.25) is 0 Å². The smallest absolute Gasteiger partial charge is 0.225 e. The molecule has 1 aromatic heterocycles. The lowest BCUT2D eigenvalue weighted by Crippen LogP contribution is -2.42. The molecule has 1 aromatic rings. The van der Waals surface area contributed by atoms with Crippen LogP contribution in [-0.2, 0) is 16.0 Å². The minimum Gasteiger partial charge on any atom is -0.353 e. The van der Waals surface area contributed by atoms with E-state index in [-0.39, 0.29) is 17.7 Å². The molecule has 6 heteroatoms. The number of rotatable bonds is 5. The first-order chi connectivity index (χ1) is 15.0. The van der Waals surface area contributed by atoms with Gasteiger partial charge in [0, 0.05) is 47.9 Å². The van der Waals surface area contributed by atoms with Gasteiger partial charge in [-0.3, -0.25) is 9.59 Å². The topological polar surface area (TPSA) is 75.2 Å². The fourth-order valence-corrected chi connectivity index (χ4v) is 5.71. The van der Waals surface area contributed by atoms with Crippen LogP contribution in [0, 0.1) is 19.8 Å². The van der Waals surface area contributed by atoms with Gasteiger partial charge in [0.2, 0.25) is 11.8 Å². The van der Waals surface area contributed by atoms with Crippen molar-refractivity contribution in [3.63, 3.8) is 0 Å². The SMILES string of the molecule is Cc1nc([C@H]2CCCN(C(=O)C3CCCC3)C2)nc(C)c1CC(=O)NC1CCCCC1. The molecule has 0 unspecified atom stereocenters. The molecule has 0 bridgehead atoms. The van der Waals surface area contributed by atoms with Gasteiger partial charge in [-0.2, -0.15) is 0 Å². The molecule has 170 valence electrons. The number of nitrogens with zero attached hydrogens (tertiary/aromatic N) is 3. The highest BCUT2D eigenvalue weighted by molar-refractivity contribution is 5.80. The molecule has 1 N–H and O–H groups in total. The maximum Gasteiger partial charge on any atom is 0.225 e. The number of aryl methyl sites for hydroxylation is 2. The van der Waals surface area contributed by atoms with Gasteiger partial charge < -0.3 is 10.2 Å². The highest BCUT2D eigenvalue weighted by atomic mass is 16.2. The fraction of sp³-hybridized carbons (Fsp3) is 0.760. The normalized spacial score (nSPS) is 23.2. The number of piperidine rings is 1. The van der Waals surface area contributed by atoms with E-state index in [4.69, 9.17) is 9.97 Å². The Kier molecular flexibility index (Phi) is 7.24. The predicted molar refractivity (Wildman–Crippen MR) is 121 cm³/mol. The summed E-state index contributed by atoms with van der Waals surface area (Å²) in [4.78, 5) is 37.2. The zero-order valence-corrected chi connectivity index (χ0v) is 19.3. The number of aromatic nitrogens is 2. The molecule has 0 aromatic carbocycles. The van der Waals surface area contributed by atoms with Gasteiger partial charge in [0.05, 0.1) is 6.42 Å². The lowest BCUT2D eigenvalue weighted by Gasteiger charge is -2.34. The van der Waals surface area contributed by atoms with E-state index in [1.54, 1.807) is 0 Å². The third-order valence-corrected chi connectivity index (χ3v) is 7.55. The Balaban J connectivity index is 1.40. The summed E-state index contributed by atoms with van der Waals surface area (Å²) in [6.45, 7) is 5.58. The van der Waals surface area contributed by atoms with E-state index in [9.17, 15) is 9.59 Å². The molecule has 0 spiro atoms. The van der Waals surface area contributed by atoms with Gasteiger partial charge in [0.25, 0.3) is 0 Å². The monoisotopic (exact) mass is 426 g/mol. The van der Waals surface area contributed by atoms with Crippen LogP contribution < -0.4 is 5.32 Å². The highest BCUT2D eigenvalue weighted by Crippen LogP contribution is 2.31. The molecule has 3 fully saturated rings. The number of carbonyl (C=O) groups excluding carboxylic acids is 2. The van der Waals surface area contributed by atoms with E-state index in [1.165, 1.54) is 32.1 Å². The largest absolute Gasteiger partial charge is 0.353 e. The van der Waals surface area contributed by atoms with Gasteiger partial charge >= 0.3 is 0 Å². The van der Waals surface area contributed by atoms with Crippen LogP contribution in [0.1, 0.15) is 99.3 Å². The van der Waals surface area contributed by atoms with E-state index < -0.39 is 0 Å². The van der Waals surface area contributed by atoms with Gasteiger partial charge in [0.1, 0.15) is 5.82 Å². The van der Waals surface area contributed by atoms with Crippen LogP contribution in [0.25, 0.3) is 0 Å². The van der Waals surface area contributed by atoms with Gasteiger partial charge in [-0.1, -0.05) is 32.1 Å². The van der Waals surface area contributed by atoms with Crippen molar-refractivity contribution in [3.8, 4) is 0 Å². The minimum absolute atomic E-state index is 0.0838. The van der Waals surface area contributed by atoms with Crippen molar-refractivity contribution >= 4 is 11.8 Å². The van der Waals surface area contributed by atoms with Gasteiger partial charge in [-0.05, 0) is 52.4 Å². The number of hydrogen-bond acceptors (Lipinski definition) is 4. The first-order valence-electron chi connectivity index (χ1n) is 12.4. The predicted octanol–water partition coefficient (Wildman–Crippen LogP) is 3.98. The number of likely N-dealkylation sites (tertiary alicyclic amines) is 1. The number of carbonyl (C=O) groups is 2. The maximum absolute atomic E-state index is 12.9. The van der Waals surface area contributed by atoms with Gasteiger partial charge in [0.15, 0.2) is 0 Å². The molecule has 1 aliphatic heterocycles. The van der Waals surface area contributed by atoms with Gasteiger partial charge in [-0.15, -0.1) is 0 Å². The number of hydrogen-bond donors (Lipinski definition) is 1. The molecule has 1 saturated heterocycles. The zero-order valence-electron chi connectivity index (χ0n) is 19.3. The second-order valence-corrected chi connectivity index (χ2v) is 9.92. The van der Waals surface area contributed by atoms with Crippen molar-refractivity contribution in [2.24, 2.45) is 5.92 Å². The molecule has 0 radical (unpaired) electrons. The highest BCUT2D eigenvalue weighted by Gasteiger charge is 2.32. The van der Waals surface area contributed by atoms with Crippen molar-refractivity contribution in [1.82, 2.24) is 20.2 Å². The molecule has 31 heavy (non-hydrogen) atoms.